The van der Waals surface area contributed by atoms with Crippen LogP contribution in [0.3, 0.4) is 0 Å². The van der Waals surface area contributed by atoms with Crippen molar-refractivity contribution in [1.29, 1.82) is 0 Å². The number of alkyl carbamates (subject to hydrolysis) is 2. The first kappa shape index (κ1) is 41.5. The van der Waals surface area contributed by atoms with Crippen molar-refractivity contribution in [2.24, 2.45) is 4.99 Å². The third kappa shape index (κ3) is 20.0. The molecule has 4 N–H and O–H groups in total. The summed E-state index contributed by atoms with van der Waals surface area (Å²) in [5.41, 5.74) is -0.868. The highest BCUT2D eigenvalue weighted by atomic mass is 32.2. The van der Waals surface area contributed by atoms with Gasteiger partial charge in [-0.05, 0) is 86.5 Å². The van der Waals surface area contributed by atoms with Crippen LogP contribution in [0.25, 0.3) is 0 Å². The highest BCUT2D eigenvalue weighted by molar-refractivity contribution is 7.94. The first-order valence-corrected chi connectivity index (χ1v) is 15.0. The molecule has 0 bridgehead atoms. The molecule has 0 aromatic rings. The predicted molar refractivity (Wildman–Crippen MR) is 165 cm³/mol. The predicted octanol–water partition coefficient (Wildman–Crippen LogP) is 3.64. The zero-order chi connectivity index (χ0) is 34.0. The van der Waals surface area contributed by atoms with Crippen LogP contribution >= 0.6 is 0 Å². The fraction of sp³-hybridized carbons (Fsp3) is 0.643. The molecule has 0 aromatic carbocycles. The number of rotatable bonds is 10. The number of ether oxygens (including phenoxy) is 4. The molecule has 1 atom stereocenters. The molecule has 0 radical (unpaired) electrons. The molecule has 0 aromatic heterocycles. The third-order valence-corrected chi connectivity index (χ3v) is 6.07. The van der Waals surface area contributed by atoms with Gasteiger partial charge in [-0.2, -0.15) is 0 Å². The molecule has 2 amide bonds. The number of guanidine groups is 1. The normalized spacial score (nSPS) is 14.0. The van der Waals surface area contributed by atoms with Gasteiger partial charge in [0.05, 0.1) is 25.7 Å². The lowest BCUT2D eigenvalue weighted by Gasteiger charge is -2.20. The lowest BCUT2D eigenvalue weighted by atomic mass is 10.2. The Morgan fingerprint density at radius 3 is 1.88 bits per heavy atom. The van der Waals surface area contributed by atoms with Crippen molar-refractivity contribution < 1.29 is 46.9 Å². The van der Waals surface area contributed by atoms with Crippen LogP contribution in [0.1, 0.15) is 75.7 Å². The molecule has 0 saturated heterocycles. The van der Waals surface area contributed by atoms with Gasteiger partial charge in [-0.25, -0.2) is 27.5 Å². The third-order valence-electron chi connectivity index (χ3n) is 4.48. The number of allylic oxidation sites excluding steroid dienone is 4. The number of hydrogen-bond donors (Lipinski definition) is 4. The molecule has 14 nitrogen and oxygen atoms in total. The van der Waals surface area contributed by atoms with E-state index in [1.54, 1.807) is 74.5 Å². The number of methoxy groups -OCH3 is 2. The van der Waals surface area contributed by atoms with E-state index >= 15 is 0 Å². The van der Waals surface area contributed by atoms with Crippen LogP contribution in [0.2, 0.25) is 0 Å². The maximum atomic E-state index is 12.8. The van der Waals surface area contributed by atoms with Crippen molar-refractivity contribution >= 4 is 34.1 Å². The molecule has 0 aliphatic heterocycles. The summed E-state index contributed by atoms with van der Waals surface area (Å²) in [4.78, 5) is 38.0. The van der Waals surface area contributed by atoms with Gasteiger partial charge >= 0.3 is 18.2 Å². The van der Waals surface area contributed by atoms with E-state index in [0.717, 1.165) is 7.11 Å². The molecule has 15 heteroatoms. The van der Waals surface area contributed by atoms with Crippen LogP contribution in [-0.2, 0) is 33.8 Å². The average molecular weight is 635 g/mol. The van der Waals surface area contributed by atoms with Gasteiger partial charge in [0, 0.05) is 6.54 Å². The van der Waals surface area contributed by atoms with Crippen LogP contribution in [-0.4, -0.2) is 82.3 Å². The Bertz CT molecular complexity index is 1150. The quantitative estimate of drug-likeness (QED) is 0.0689. The lowest BCUT2D eigenvalue weighted by molar-refractivity contribution is -0.149. The summed E-state index contributed by atoms with van der Waals surface area (Å²) in [6, 6.07) is 0. The Balaban J connectivity index is 0. The van der Waals surface area contributed by atoms with Gasteiger partial charge in [0.1, 0.15) is 17.0 Å². The van der Waals surface area contributed by atoms with Crippen molar-refractivity contribution in [3.63, 3.8) is 0 Å². The number of amides is 2. The molecule has 43 heavy (non-hydrogen) atoms. The first-order valence-electron chi connectivity index (χ1n) is 13.5. The maximum Gasteiger partial charge on any atom is 0.414 e. The summed E-state index contributed by atoms with van der Waals surface area (Å²) in [6.45, 7) is 17.3. The van der Waals surface area contributed by atoms with Gasteiger partial charge < -0.3 is 29.4 Å². The van der Waals surface area contributed by atoms with Gasteiger partial charge in [0.2, 0.25) is 5.96 Å². The summed E-state index contributed by atoms with van der Waals surface area (Å²) in [5, 5.41) is 13.7. The second-order valence-electron chi connectivity index (χ2n) is 10.8. The Labute approximate surface area is 256 Å². The minimum absolute atomic E-state index is 0.0408. The second kappa shape index (κ2) is 19.6. The zero-order valence-corrected chi connectivity index (χ0v) is 28.2. The average Bonchev–Trinajstić information content (AvgIpc) is 2.86. The summed E-state index contributed by atoms with van der Waals surface area (Å²) in [5.74, 6) is -0.467. The number of aliphatic hydroxyl groups is 1. The molecule has 248 valence electrons. The number of carbonyl (C=O) groups excluding carboxylic acids is 3. The lowest BCUT2D eigenvalue weighted by Crippen LogP contribution is -2.46. The summed E-state index contributed by atoms with van der Waals surface area (Å²) in [6.07, 6.45) is 2.60. The minimum atomic E-state index is -3.99. The molecule has 0 saturated carbocycles. The molecule has 0 rings (SSSR count). The van der Waals surface area contributed by atoms with Crippen molar-refractivity contribution in [2.75, 3.05) is 27.3 Å². The standard InChI is InChI=1S/C19H33N3O5S.C9H17NO5/c1-9-12-20-17(21-18(23)27-19(5,6)7)22-28(24,25)16(11-3)14(4)13-15(10-2)26-8;1-9(2,3)15-8(13)10-5-6(11)7(12)14-4/h10-11,13H,9,12H2,1-8H3,(H2,20,21,22,23);6,11H,5H2,1-4H3,(H,10,13)/b14-13-,15-10-,16-11-;. The molecular weight excluding hydrogens is 584 g/mol. The van der Waals surface area contributed by atoms with E-state index in [1.807, 2.05) is 6.92 Å². The van der Waals surface area contributed by atoms with Crippen LogP contribution in [0.15, 0.2) is 39.5 Å². The number of aliphatic hydroxyl groups excluding tert-OH is 1. The van der Waals surface area contributed by atoms with E-state index in [2.05, 4.69) is 25.1 Å². The highest BCUT2D eigenvalue weighted by Gasteiger charge is 2.24. The van der Waals surface area contributed by atoms with Gasteiger partial charge in [-0.1, -0.05) is 13.0 Å². The molecular formula is C28H50N4O10S. The molecule has 0 aliphatic rings. The fourth-order valence-electron chi connectivity index (χ4n) is 2.76. The summed E-state index contributed by atoms with van der Waals surface area (Å²) < 4.78 is 47.5. The largest absolute Gasteiger partial charge is 0.497 e. The zero-order valence-electron chi connectivity index (χ0n) is 27.4. The van der Waals surface area contributed by atoms with Crippen molar-refractivity contribution in [1.82, 2.24) is 15.4 Å². The van der Waals surface area contributed by atoms with Crippen LogP contribution in [0.5, 0.6) is 0 Å². The topological polar surface area (TPSA) is 191 Å². The van der Waals surface area contributed by atoms with Crippen LogP contribution in [0, 0.1) is 0 Å². The number of nitrogens with zero attached hydrogens (tertiary/aromatic N) is 1. The van der Waals surface area contributed by atoms with Crippen molar-refractivity contribution in [3.8, 4) is 0 Å². The van der Waals surface area contributed by atoms with Gasteiger partial charge in [0.15, 0.2) is 6.10 Å². The number of esters is 1. The second-order valence-corrected chi connectivity index (χ2v) is 12.4. The van der Waals surface area contributed by atoms with Gasteiger partial charge in [-0.3, -0.25) is 10.3 Å². The van der Waals surface area contributed by atoms with E-state index in [0.29, 0.717) is 24.3 Å². The molecule has 0 spiro atoms. The SMILES string of the molecule is C/C=C(/C=C(C)\C(=C\C)S(=O)(=O)NC(=NCCC)NC(=O)OC(C)(C)C)OC.COC(=O)C(O)CNC(=O)OC(C)(C)C. The number of carbonyl (C=O) groups is 3. The van der Waals surface area contributed by atoms with E-state index in [-0.39, 0.29) is 17.4 Å². The van der Waals surface area contributed by atoms with Crippen molar-refractivity contribution in [2.45, 2.75) is 93.0 Å². The van der Waals surface area contributed by atoms with Crippen LogP contribution < -0.4 is 15.4 Å². The van der Waals surface area contributed by atoms with E-state index in [1.165, 1.54) is 13.2 Å². The van der Waals surface area contributed by atoms with E-state index < -0.39 is 45.5 Å². The minimum Gasteiger partial charge on any atom is -0.497 e. The van der Waals surface area contributed by atoms with Gasteiger partial charge in [-0.15, -0.1) is 0 Å². The summed E-state index contributed by atoms with van der Waals surface area (Å²) in [7, 11) is -1.34. The number of sulfonamides is 1. The van der Waals surface area contributed by atoms with E-state index in [4.69, 9.17) is 19.3 Å². The number of nitrogens with one attached hydrogen (secondary N) is 3. The Kier molecular flexibility index (Phi) is 18.9. The smallest absolute Gasteiger partial charge is 0.414 e. The van der Waals surface area contributed by atoms with E-state index in [9.17, 15) is 22.8 Å². The Hall–Kier alpha value is -3.59. The molecule has 0 fully saturated rings. The Morgan fingerprint density at radius 2 is 1.47 bits per heavy atom. The monoisotopic (exact) mass is 634 g/mol. The fourth-order valence-corrected chi connectivity index (χ4v) is 4.03. The Morgan fingerprint density at radius 1 is 0.930 bits per heavy atom. The number of aliphatic imine (C=N–C) groups is 1. The molecule has 0 aliphatic carbocycles. The molecule has 1 unspecified atom stereocenters. The van der Waals surface area contributed by atoms with Crippen molar-refractivity contribution in [3.05, 3.63) is 34.5 Å². The highest BCUT2D eigenvalue weighted by Crippen LogP contribution is 2.18. The summed E-state index contributed by atoms with van der Waals surface area (Å²) >= 11 is 0. The van der Waals surface area contributed by atoms with Gasteiger partial charge in [0.25, 0.3) is 10.0 Å². The first-order chi connectivity index (χ1) is 19.7. The maximum absolute atomic E-state index is 12.8. The number of hydrogen-bond acceptors (Lipinski definition) is 11. The van der Waals surface area contributed by atoms with Crippen LogP contribution in [0.4, 0.5) is 9.59 Å². The molecule has 0 heterocycles.